The van der Waals surface area contributed by atoms with Crippen molar-refractivity contribution in [3.05, 3.63) is 0 Å². The number of rotatable bonds is 4. The summed E-state index contributed by atoms with van der Waals surface area (Å²) >= 11 is 0. The van der Waals surface area contributed by atoms with Gasteiger partial charge in [0.05, 0.1) is 24.6 Å². The van der Waals surface area contributed by atoms with Crippen molar-refractivity contribution in [3.8, 4) is 0 Å². The zero-order chi connectivity index (χ0) is 14.4. The molecule has 2 aliphatic carbocycles. The number of nitrogens with one attached hydrogen (secondary N) is 1. The molecule has 2 aliphatic rings. The van der Waals surface area contributed by atoms with E-state index in [2.05, 4.69) is 19.2 Å². The van der Waals surface area contributed by atoms with Crippen molar-refractivity contribution in [1.82, 2.24) is 10.2 Å². The van der Waals surface area contributed by atoms with Gasteiger partial charge in [0.2, 0.25) is 5.91 Å². The van der Waals surface area contributed by atoms with Gasteiger partial charge in [-0.05, 0) is 24.2 Å². The Bertz CT molecular complexity index is 405. The summed E-state index contributed by atoms with van der Waals surface area (Å²) in [4.78, 5) is 25.7. The zero-order valence-electron chi connectivity index (χ0n) is 12.2. The van der Waals surface area contributed by atoms with Gasteiger partial charge in [-0.3, -0.25) is 14.9 Å². The normalized spacial score (nSPS) is 35.7. The van der Waals surface area contributed by atoms with E-state index >= 15 is 0 Å². The van der Waals surface area contributed by atoms with E-state index in [1.807, 2.05) is 0 Å². The van der Waals surface area contributed by atoms with E-state index in [1.54, 1.807) is 14.1 Å². The fourth-order valence-corrected chi connectivity index (χ4v) is 3.90. The number of amides is 1. The Morgan fingerprint density at radius 1 is 1.47 bits per heavy atom. The molecule has 0 aromatic carbocycles. The average Bonchev–Trinajstić information content (AvgIpc) is 2.69. The Morgan fingerprint density at radius 3 is 2.58 bits per heavy atom. The third-order valence-electron chi connectivity index (χ3n) is 5.44. The van der Waals surface area contributed by atoms with Crippen molar-refractivity contribution < 1.29 is 14.7 Å². The highest BCUT2D eigenvalue weighted by atomic mass is 16.3. The number of fused-ring (bicyclic) bond motifs is 2. The van der Waals surface area contributed by atoms with Gasteiger partial charge in [-0.1, -0.05) is 13.8 Å². The minimum atomic E-state index is -0.615. The lowest BCUT2D eigenvalue weighted by atomic mass is 9.69. The number of likely N-dealkylation sites (N-methyl/N-ethyl adjacent to an activating group) is 1. The molecule has 3 unspecified atom stereocenters. The van der Waals surface area contributed by atoms with Crippen molar-refractivity contribution in [3.63, 3.8) is 0 Å². The van der Waals surface area contributed by atoms with Gasteiger partial charge in [0, 0.05) is 14.1 Å². The van der Waals surface area contributed by atoms with Crippen LogP contribution in [0.25, 0.3) is 0 Å². The Balaban J connectivity index is 2.13. The van der Waals surface area contributed by atoms with Crippen LogP contribution in [-0.2, 0) is 9.59 Å². The quantitative estimate of drug-likeness (QED) is 0.755. The van der Waals surface area contributed by atoms with Gasteiger partial charge in [0.1, 0.15) is 0 Å². The van der Waals surface area contributed by atoms with Gasteiger partial charge >= 0.3 is 0 Å². The molecule has 2 bridgehead atoms. The zero-order valence-corrected chi connectivity index (χ0v) is 12.2. The maximum Gasteiger partial charge on any atom is 0.236 e. The van der Waals surface area contributed by atoms with Crippen LogP contribution >= 0.6 is 0 Å². The van der Waals surface area contributed by atoms with Gasteiger partial charge in [0.25, 0.3) is 0 Å². The summed E-state index contributed by atoms with van der Waals surface area (Å²) < 4.78 is 0. The highest BCUT2D eigenvalue weighted by Crippen LogP contribution is 2.63. The molecule has 1 amide bonds. The van der Waals surface area contributed by atoms with Crippen molar-refractivity contribution in [2.45, 2.75) is 32.7 Å². The van der Waals surface area contributed by atoms with Gasteiger partial charge < -0.3 is 10.0 Å². The highest BCUT2D eigenvalue weighted by Gasteiger charge is 2.68. The van der Waals surface area contributed by atoms with E-state index in [-0.39, 0.29) is 42.2 Å². The first-order valence-corrected chi connectivity index (χ1v) is 6.86. The predicted octanol–water partition coefficient (Wildman–Crippen LogP) is 0.0304. The van der Waals surface area contributed by atoms with Crippen molar-refractivity contribution >= 4 is 11.7 Å². The van der Waals surface area contributed by atoms with Crippen LogP contribution in [0.5, 0.6) is 0 Å². The molecule has 108 valence electrons. The van der Waals surface area contributed by atoms with Crippen LogP contribution in [0.4, 0.5) is 0 Å². The molecule has 2 saturated carbocycles. The Labute approximate surface area is 114 Å². The van der Waals surface area contributed by atoms with Gasteiger partial charge in [-0.15, -0.1) is 0 Å². The van der Waals surface area contributed by atoms with E-state index in [0.29, 0.717) is 0 Å². The summed E-state index contributed by atoms with van der Waals surface area (Å²) in [5.41, 5.74) is -0.811. The second kappa shape index (κ2) is 4.56. The lowest BCUT2D eigenvalue weighted by Crippen LogP contribution is -2.48. The topological polar surface area (TPSA) is 69.6 Å². The second-order valence-corrected chi connectivity index (χ2v) is 6.62. The number of hydrogen-bond acceptors (Lipinski definition) is 4. The van der Waals surface area contributed by atoms with E-state index in [4.69, 9.17) is 0 Å². The molecule has 0 radical (unpaired) electrons. The van der Waals surface area contributed by atoms with Crippen LogP contribution in [0.15, 0.2) is 0 Å². The number of aliphatic hydroxyl groups is 1. The molecule has 2 rings (SSSR count). The lowest BCUT2D eigenvalue weighted by Gasteiger charge is -2.34. The summed E-state index contributed by atoms with van der Waals surface area (Å²) in [7, 11) is 3.40. The third kappa shape index (κ3) is 1.82. The standard InChI is InChI=1S/C14H24N2O3/c1-13(2)9-5-6-14(13,8-17)12(19)11(9)15-7-10(18)16(3)4/h9,11,15,17H,5-8H2,1-4H3. The molecular formula is C14H24N2O3. The molecule has 0 aliphatic heterocycles. The molecule has 2 fully saturated rings. The van der Waals surface area contributed by atoms with Gasteiger partial charge in [-0.2, -0.15) is 0 Å². The van der Waals surface area contributed by atoms with Crippen LogP contribution in [0.3, 0.4) is 0 Å². The fraction of sp³-hybridized carbons (Fsp3) is 0.857. The van der Waals surface area contributed by atoms with E-state index in [1.165, 1.54) is 4.90 Å². The minimum absolute atomic E-state index is 0.0357. The number of Topliss-reactive ketones (excluding diaryl/α,β-unsaturated/α-hetero) is 1. The summed E-state index contributed by atoms with van der Waals surface area (Å²) in [6, 6.07) is -0.292. The summed E-state index contributed by atoms with van der Waals surface area (Å²) in [6.07, 6.45) is 1.70. The molecule has 0 spiro atoms. The second-order valence-electron chi connectivity index (χ2n) is 6.62. The molecule has 0 saturated heterocycles. The van der Waals surface area contributed by atoms with Gasteiger partial charge in [-0.25, -0.2) is 0 Å². The van der Waals surface area contributed by atoms with Crippen LogP contribution in [-0.4, -0.2) is 55.0 Å². The van der Waals surface area contributed by atoms with Crippen molar-refractivity contribution in [1.29, 1.82) is 0 Å². The van der Waals surface area contributed by atoms with E-state index in [9.17, 15) is 14.7 Å². The maximum atomic E-state index is 12.6. The molecule has 5 heteroatoms. The number of ketones is 1. The minimum Gasteiger partial charge on any atom is -0.395 e. The summed E-state index contributed by atoms with van der Waals surface area (Å²) in [5, 5.41) is 12.8. The van der Waals surface area contributed by atoms with Crippen LogP contribution in [0, 0.1) is 16.7 Å². The molecular weight excluding hydrogens is 244 g/mol. The summed E-state index contributed by atoms with van der Waals surface area (Å²) in [6.45, 7) is 4.22. The molecule has 0 aromatic heterocycles. The number of hydrogen-bond donors (Lipinski definition) is 2. The molecule has 0 aromatic rings. The number of nitrogens with zero attached hydrogens (tertiary/aromatic N) is 1. The average molecular weight is 268 g/mol. The Hall–Kier alpha value is -0.940. The van der Waals surface area contributed by atoms with Crippen molar-refractivity contribution in [2.75, 3.05) is 27.2 Å². The predicted molar refractivity (Wildman–Crippen MR) is 71.5 cm³/mol. The fourth-order valence-electron chi connectivity index (χ4n) is 3.90. The van der Waals surface area contributed by atoms with E-state index in [0.717, 1.165) is 12.8 Å². The van der Waals surface area contributed by atoms with Crippen LogP contribution in [0.1, 0.15) is 26.7 Å². The number of aliphatic hydroxyl groups excluding tert-OH is 1. The molecule has 0 heterocycles. The maximum absolute atomic E-state index is 12.6. The van der Waals surface area contributed by atoms with Crippen molar-refractivity contribution in [2.24, 2.45) is 16.7 Å². The Morgan fingerprint density at radius 2 is 2.11 bits per heavy atom. The highest BCUT2D eigenvalue weighted by molar-refractivity contribution is 5.95. The third-order valence-corrected chi connectivity index (χ3v) is 5.44. The molecule has 3 atom stereocenters. The van der Waals surface area contributed by atoms with Gasteiger partial charge in [0.15, 0.2) is 5.78 Å². The molecule has 5 nitrogen and oxygen atoms in total. The number of carbonyl (C=O) groups is 2. The summed E-state index contributed by atoms with van der Waals surface area (Å²) in [5.74, 6) is 0.261. The first kappa shape index (κ1) is 14.5. The van der Waals surface area contributed by atoms with Crippen LogP contribution in [0.2, 0.25) is 0 Å². The monoisotopic (exact) mass is 268 g/mol. The molecule has 19 heavy (non-hydrogen) atoms. The number of carbonyl (C=O) groups excluding carboxylic acids is 2. The largest absolute Gasteiger partial charge is 0.395 e. The SMILES string of the molecule is CN(C)C(=O)CNC1C(=O)C2(CO)CCC1C2(C)C. The first-order valence-electron chi connectivity index (χ1n) is 6.86. The van der Waals surface area contributed by atoms with Crippen LogP contribution < -0.4 is 5.32 Å². The first-order chi connectivity index (χ1) is 8.78. The molecule has 2 N–H and O–H groups in total. The van der Waals surface area contributed by atoms with E-state index < -0.39 is 5.41 Å². The smallest absolute Gasteiger partial charge is 0.236 e. The lowest BCUT2D eigenvalue weighted by molar-refractivity contribution is -0.134. The Kier molecular flexibility index (Phi) is 3.47.